The predicted octanol–water partition coefficient (Wildman–Crippen LogP) is 1.42. The summed E-state index contributed by atoms with van der Waals surface area (Å²) in [7, 11) is 4.24. The molecule has 0 N–H and O–H groups in total. The summed E-state index contributed by atoms with van der Waals surface area (Å²) in [5.74, 6) is 1.46. The Kier molecular flexibility index (Phi) is 2.56. The molecule has 1 heterocycles. The first kappa shape index (κ1) is 4.74. The van der Waals surface area contributed by atoms with Crippen LogP contribution in [0.25, 0.3) is 0 Å². The van der Waals surface area contributed by atoms with Crippen LogP contribution in [0.1, 0.15) is 0 Å². The van der Waals surface area contributed by atoms with Crippen LogP contribution in [-0.4, -0.2) is 27.5 Å². The van der Waals surface area contributed by atoms with Crippen LogP contribution >= 0.6 is 18.3 Å². The van der Waals surface area contributed by atoms with Crippen LogP contribution in [0.3, 0.4) is 0 Å². The summed E-state index contributed by atoms with van der Waals surface area (Å²) in [5, 5.41) is 0. The first-order valence-corrected chi connectivity index (χ1v) is 10.4. The average molecular weight is 301 g/mol. The van der Waals surface area contributed by atoms with Crippen molar-refractivity contribution in [2.24, 2.45) is 0 Å². The fourth-order valence-corrected chi connectivity index (χ4v) is 14.7. The zero-order valence-corrected chi connectivity index (χ0v) is 7.79. The van der Waals surface area contributed by atoms with Gasteiger partial charge in [0.05, 0.1) is 0 Å². The average Bonchev–Trinajstić information content (AvgIpc) is 1.76. The molecule has 0 saturated carbocycles. The molecule has 0 amide bonds. The van der Waals surface area contributed by atoms with Gasteiger partial charge in [0.25, 0.3) is 0 Å². The summed E-state index contributed by atoms with van der Waals surface area (Å²) in [4.78, 5) is 0. The zero-order chi connectivity index (χ0) is 3.54. The Morgan fingerprint density at radius 2 is 2.60 bits per heavy atom. The van der Waals surface area contributed by atoms with E-state index in [-0.39, 0.29) is 21.8 Å². The normalized spacial score (nSPS) is 24.0. The second-order valence-corrected chi connectivity index (χ2v) is 12.9. The van der Waals surface area contributed by atoms with E-state index in [0.29, 0.717) is 0 Å². The van der Waals surface area contributed by atoms with Gasteiger partial charge in [0.2, 0.25) is 0 Å². The Balaban J connectivity index is 2.08. The Morgan fingerprint density at radius 3 is 2.80 bits per heavy atom. The molecule has 0 bridgehead atoms. The summed E-state index contributed by atoms with van der Waals surface area (Å²) < 4.78 is 1.61. The predicted molar refractivity (Wildman–Crippen MR) is 30.6 cm³/mol. The van der Waals surface area contributed by atoms with Gasteiger partial charge >= 0.3 is 50.0 Å². The van der Waals surface area contributed by atoms with Crippen molar-refractivity contribution < 1.29 is 0 Å². The molecule has 0 atom stereocenters. The third-order valence-corrected chi connectivity index (χ3v) is 13.9. The van der Waals surface area contributed by atoms with Gasteiger partial charge in [0, 0.05) is 0 Å². The fourth-order valence-electron chi connectivity index (χ4n) is 0.186. The molecule has 0 unspecified atom stereocenters. The van der Waals surface area contributed by atoms with Crippen molar-refractivity contribution in [3.8, 4) is 0 Å². The summed E-state index contributed by atoms with van der Waals surface area (Å²) in [6.07, 6.45) is 0. The van der Waals surface area contributed by atoms with E-state index in [1.54, 1.807) is 4.13 Å². The van der Waals surface area contributed by atoms with Gasteiger partial charge in [-0.3, -0.25) is 0 Å². The molecule has 0 aromatic rings. The molecule has 1 fully saturated rings. The Bertz CT molecular complexity index is 19.2. The fraction of sp³-hybridized carbons (Fsp3) is 1.00. The summed E-state index contributed by atoms with van der Waals surface area (Å²) in [6.45, 7) is 0. The molecule has 0 nitrogen and oxygen atoms in total. The Morgan fingerprint density at radius 1 is 1.60 bits per heavy atom. The van der Waals surface area contributed by atoms with E-state index in [9.17, 15) is 0 Å². The van der Waals surface area contributed by atoms with Crippen LogP contribution in [0.15, 0.2) is 0 Å². The minimum absolute atomic E-state index is 0.136. The Hall–Kier alpha value is 1.58. The first-order valence-electron chi connectivity index (χ1n) is 1.45. The summed E-state index contributed by atoms with van der Waals surface area (Å²) >= 11 is 0.136. The van der Waals surface area contributed by atoms with Crippen molar-refractivity contribution in [2.75, 3.05) is 5.75 Å². The van der Waals surface area contributed by atoms with Crippen LogP contribution in [0.2, 0.25) is 4.13 Å². The van der Waals surface area contributed by atoms with Gasteiger partial charge in [0.1, 0.15) is 0 Å². The van der Waals surface area contributed by atoms with Crippen LogP contribution < -0.4 is 0 Å². The summed E-state index contributed by atoms with van der Waals surface area (Å²) in [5.41, 5.74) is 0. The van der Waals surface area contributed by atoms with E-state index >= 15 is 0 Å². The molecule has 0 spiro atoms. The van der Waals surface area contributed by atoms with Crippen molar-refractivity contribution >= 4 is 40.1 Å². The van der Waals surface area contributed by atoms with E-state index in [4.69, 9.17) is 0 Å². The van der Waals surface area contributed by atoms with Gasteiger partial charge in [-0.15, -0.1) is 0 Å². The SMILES string of the molecule is C1[CH2][Bi][S]S1. The minimum atomic E-state index is 0.136. The second-order valence-electron chi connectivity index (χ2n) is 0.749. The van der Waals surface area contributed by atoms with Crippen LogP contribution in [0.4, 0.5) is 0 Å². The van der Waals surface area contributed by atoms with Gasteiger partial charge in [-0.25, -0.2) is 0 Å². The van der Waals surface area contributed by atoms with Crippen LogP contribution in [-0.2, 0) is 0 Å². The van der Waals surface area contributed by atoms with Crippen molar-refractivity contribution in [1.29, 1.82) is 0 Å². The van der Waals surface area contributed by atoms with Gasteiger partial charge in [-0.1, -0.05) is 0 Å². The van der Waals surface area contributed by atoms with Crippen molar-refractivity contribution in [1.82, 2.24) is 0 Å². The van der Waals surface area contributed by atoms with E-state index in [1.165, 1.54) is 5.75 Å². The topological polar surface area (TPSA) is 0 Å². The zero-order valence-electron chi connectivity index (χ0n) is 2.68. The summed E-state index contributed by atoms with van der Waals surface area (Å²) in [6, 6.07) is 0. The second kappa shape index (κ2) is 2.71. The number of hydrogen-bond acceptors (Lipinski definition) is 2. The van der Waals surface area contributed by atoms with Crippen molar-refractivity contribution in [3.63, 3.8) is 0 Å². The van der Waals surface area contributed by atoms with E-state index in [1.807, 2.05) is 0 Å². The molecule has 1 rings (SSSR count). The standard InChI is InChI=1S/C2H5S2.Bi/c1-2-4-3;/h3H,1-2H2;/q;+1/p-1. The van der Waals surface area contributed by atoms with Crippen molar-refractivity contribution in [3.05, 3.63) is 0 Å². The molecule has 1 aliphatic heterocycles. The molecule has 0 aliphatic carbocycles. The monoisotopic (exact) mass is 301 g/mol. The molecule has 0 aromatic carbocycles. The molecule has 0 aromatic heterocycles. The quantitative estimate of drug-likeness (QED) is 0.490. The maximum absolute atomic E-state index is 2.17. The number of hydrogen-bond donors (Lipinski definition) is 0. The molecule has 1 saturated heterocycles. The molecular formula is C2H4BiS2. The van der Waals surface area contributed by atoms with Gasteiger partial charge in [0.15, 0.2) is 0 Å². The molecule has 5 heavy (non-hydrogen) atoms. The van der Waals surface area contributed by atoms with E-state index in [2.05, 4.69) is 18.3 Å². The van der Waals surface area contributed by atoms with E-state index < -0.39 is 0 Å². The molecule has 1 aliphatic rings. The van der Waals surface area contributed by atoms with Gasteiger partial charge in [-0.05, 0) is 0 Å². The van der Waals surface area contributed by atoms with Crippen molar-refractivity contribution in [2.45, 2.75) is 4.13 Å². The van der Waals surface area contributed by atoms with Crippen LogP contribution in [0, 0.1) is 0 Å². The third kappa shape index (κ3) is 1.65. The number of rotatable bonds is 0. The van der Waals surface area contributed by atoms with E-state index in [0.717, 1.165) is 0 Å². The molecule has 1 radical (unpaired) electrons. The van der Waals surface area contributed by atoms with Gasteiger partial charge < -0.3 is 0 Å². The Labute approximate surface area is 49.7 Å². The molecular weight excluding hydrogens is 297 g/mol. The third-order valence-electron chi connectivity index (χ3n) is 0.371. The molecule has 3 heteroatoms. The van der Waals surface area contributed by atoms with Gasteiger partial charge in [-0.2, -0.15) is 0 Å². The molecule has 29 valence electrons. The first-order chi connectivity index (χ1) is 2.50. The maximum atomic E-state index is 2.17. The van der Waals surface area contributed by atoms with Crippen LogP contribution in [0.5, 0.6) is 0 Å².